The Bertz CT molecular complexity index is 395. The molecule has 0 radical (unpaired) electrons. The van der Waals surface area contributed by atoms with Crippen molar-refractivity contribution in [2.45, 2.75) is 45.6 Å². The topological polar surface area (TPSA) is 51.4 Å². The summed E-state index contributed by atoms with van der Waals surface area (Å²) in [4.78, 5) is 6.93. The van der Waals surface area contributed by atoms with Gasteiger partial charge in [0.2, 0.25) is 5.88 Å². The standard InChI is InChI=1S/C14H23N3O/c1-3-18-14-12(15)8-9-13(16-14)17-10-6-4-5-7-11(17)2/h8-9,11H,3-7,10,15H2,1-2H3. The van der Waals surface area contributed by atoms with Crippen LogP contribution in [0.15, 0.2) is 12.1 Å². The third kappa shape index (κ3) is 2.86. The number of hydrogen-bond donors (Lipinski definition) is 1. The summed E-state index contributed by atoms with van der Waals surface area (Å²) in [5, 5.41) is 0. The Hall–Kier alpha value is -1.45. The van der Waals surface area contributed by atoms with Crippen molar-refractivity contribution in [1.82, 2.24) is 4.98 Å². The van der Waals surface area contributed by atoms with E-state index in [2.05, 4.69) is 16.8 Å². The molecule has 4 heteroatoms. The van der Waals surface area contributed by atoms with E-state index < -0.39 is 0 Å². The van der Waals surface area contributed by atoms with Gasteiger partial charge in [-0.3, -0.25) is 0 Å². The van der Waals surface area contributed by atoms with Gasteiger partial charge in [0.1, 0.15) is 5.82 Å². The molecule has 0 aromatic carbocycles. The van der Waals surface area contributed by atoms with Crippen molar-refractivity contribution in [3.63, 3.8) is 0 Å². The van der Waals surface area contributed by atoms with E-state index >= 15 is 0 Å². The smallest absolute Gasteiger partial charge is 0.239 e. The Balaban J connectivity index is 2.23. The summed E-state index contributed by atoms with van der Waals surface area (Å²) in [6.07, 6.45) is 5.09. The number of aromatic nitrogens is 1. The largest absolute Gasteiger partial charge is 0.476 e. The number of pyridine rings is 1. The van der Waals surface area contributed by atoms with Crippen molar-refractivity contribution in [2.75, 3.05) is 23.8 Å². The Labute approximate surface area is 109 Å². The lowest BCUT2D eigenvalue weighted by Gasteiger charge is -2.28. The van der Waals surface area contributed by atoms with Crippen LogP contribution in [0.2, 0.25) is 0 Å². The summed E-state index contributed by atoms with van der Waals surface area (Å²) in [6.45, 7) is 5.88. The molecule has 1 aliphatic heterocycles. The monoisotopic (exact) mass is 249 g/mol. The van der Waals surface area contributed by atoms with Gasteiger partial charge in [-0.05, 0) is 38.8 Å². The predicted molar refractivity (Wildman–Crippen MR) is 75.1 cm³/mol. The average molecular weight is 249 g/mol. The molecule has 1 atom stereocenters. The second kappa shape index (κ2) is 5.94. The SMILES string of the molecule is CCOc1nc(N2CCCCCC2C)ccc1N. The molecule has 0 amide bonds. The van der Waals surface area contributed by atoms with Crippen LogP contribution in [0.3, 0.4) is 0 Å². The van der Waals surface area contributed by atoms with E-state index in [-0.39, 0.29) is 0 Å². The number of nitrogens with two attached hydrogens (primary N) is 1. The van der Waals surface area contributed by atoms with E-state index in [1.54, 1.807) is 0 Å². The summed E-state index contributed by atoms with van der Waals surface area (Å²) in [6, 6.07) is 4.43. The van der Waals surface area contributed by atoms with Crippen molar-refractivity contribution in [2.24, 2.45) is 0 Å². The highest BCUT2D eigenvalue weighted by atomic mass is 16.5. The van der Waals surface area contributed by atoms with Gasteiger partial charge >= 0.3 is 0 Å². The lowest BCUT2D eigenvalue weighted by Crippen LogP contribution is -2.33. The molecule has 1 unspecified atom stereocenters. The van der Waals surface area contributed by atoms with Crippen molar-refractivity contribution in [1.29, 1.82) is 0 Å². The fraction of sp³-hybridized carbons (Fsp3) is 0.643. The predicted octanol–water partition coefficient (Wildman–Crippen LogP) is 2.83. The van der Waals surface area contributed by atoms with Gasteiger partial charge < -0.3 is 15.4 Å². The minimum Gasteiger partial charge on any atom is -0.476 e. The molecule has 0 spiro atoms. The summed E-state index contributed by atoms with van der Waals surface area (Å²) in [7, 11) is 0. The van der Waals surface area contributed by atoms with Crippen LogP contribution in [0.25, 0.3) is 0 Å². The van der Waals surface area contributed by atoms with Crippen LogP contribution in [0, 0.1) is 0 Å². The normalized spacial score (nSPS) is 20.6. The summed E-state index contributed by atoms with van der Waals surface area (Å²) in [5.41, 5.74) is 6.48. The number of anilines is 2. The molecular weight excluding hydrogens is 226 g/mol. The third-order valence-electron chi connectivity index (χ3n) is 3.50. The van der Waals surface area contributed by atoms with Crippen LogP contribution < -0.4 is 15.4 Å². The fourth-order valence-electron chi connectivity index (χ4n) is 2.47. The van der Waals surface area contributed by atoms with E-state index in [4.69, 9.17) is 10.5 Å². The average Bonchev–Trinajstić information content (AvgIpc) is 2.57. The number of rotatable bonds is 3. The van der Waals surface area contributed by atoms with Gasteiger partial charge in [0.15, 0.2) is 0 Å². The van der Waals surface area contributed by atoms with E-state index in [1.807, 2.05) is 19.1 Å². The van der Waals surface area contributed by atoms with Gasteiger partial charge in [-0.25, -0.2) is 0 Å². The van der Waals surface area contributed by atoms with Crippen LogP contribution >= 0.6 is 0 Å². The van der Waals surface area contributed by atoms with Gasteiger partial charge in [0, 0.05) is 12.6 Å². The Kier molecular flexibility index (Phi) is 4.28. The van der Waals surface area contributed by atoms with E-state index in [0.29, 0.717) is 24.2 Å². The molecule has 1 aromatic heterocycles. The fourth-order valence-corrected chi connectivity index (χ4v) is 2.47. The second-order valence-electron chi connectivity index (χ2n) is 4.89. The summed E-state index contributed by atoms with van der Waals surface area (Å²) in [5.74, 6) is 1.55. The molecular formula is C14H23N3O. The number of ether oxygens (including phenoxy) is 1. The number of nitrogens with zero attached hydrogens (tertiary/aromatic N) is 2. The quantitative estimate of drug-likeness (QED) is 0.895. The van der Waals surface area contributed by atoms with Gasteiger partial charge in [-0.15, -0.1) is 0 Å². The maximum Gasteiger partial charge on any atom is 0.239 e. The van der Waals surface area contributed by atoms with Gasteiger partial charge in [0.05, 0.1) is 12.3 Å². The minimum absolute atomic E-state index is 0.540. The minimum atomic E-state index is 0.540. The molecule has 2 rings (SSSR count). The van der Waals surface area contributed by atoms with Crippen LogP contribution in [-0.2, 0) is 0 Å². The first kappa shape index (κ1) is 13.0. The maximum atomic E-state index is 5.86. The Morgan fingerprint density at radius 1 is 1.39 bits per heavy atom. The molecule has 0 saturated carbocycles. The van der Waals surface area contributed by atoms with E-state index in [1.165, 1.54) is 25.7 Å². The molecule has 2 heterocycles. The van der Waals surface area contributed by atoms with E-state index in [0.717, 1.165) is 12.4 Å². The zero-order valence-corrected chi connectivity index (χ0v) is 11.4. The molecule has 1 aliphatic rings. The molecule has 2 N–H and O–H groups in total. The summed E-state index contributed by atoms with van der Waals surface area (Å²) < 4.78 is 5.47. The van der Waals surface area contributed by atoms with Crippen LogP contribution in [0.4, 0.5) is 11.5 Å². The molecule has 1 aromatic rings. The van der Waals surface area contributed by atoms with Crippen molar-refractivity contribution < 1.29 is 4.74 Å². The van der Waals surface area contributed by atoms with Crippen LogP contribution in [-0.4, -0.2) is 24.2 Å². The molecule has 0 aliphatic carbocycles. The number of hydrogen-bond acceptors (Lipinski definition) is 4. The Morgan fingerprint density at radius 3 is 3.00 bits per heavy atom. The first-order valence-corrected chi connectivity index (χ1v) is 6.88. The highest BCUT2D eigenvalue weighted by Gasteiger charge is 2.19. The van der Waals surface area contributed by atoms with Crippen molar-refractivity contribution in [3.05, 3.63) is 12.1 Å². The molecule has 18 heavy (non-hydrogen) atoms. The molecule has 1 fully saturated rings. The second-order valence-corrected chi connectivity index (χ2v) is 4.89. The molecule has 1 saturated heterocycles. The highest BCUT2D eigenvalue weighted by Crippen LogP contribution is 2.27. The van der Waals surface area contributed by atoms with E-state index in [9.17, 15) is 0 Å². The van der Waals surface area contributed by atoms with Gasteiger partial charge in [0.25, 0.3) is 0 Å². The first-order valence-electron chi connectivity index (χ1n) is 6.88. The highest BCUT2D eigenvalue weighted by molar-refractivity contribution is 5.55. The first-order chi connectivity index (χ1) is 8.72. The molecule has 100 valence electrons. The van der Waals surface area contributed by atoms with Crippen molar-refractivity contribution >= 4 is 11.5 Å². The van der Waals surface area contributed by atoms with Crippen molar-refractivity contribution in [3.8, 4) is 5.88 Å². The Morgan fingerprint density at radius 2 is 2.22 bits per heavy atom. The van der Waals surface area contributed by atoms with Gasteiger partial charge in [-0.1, -0.05) is 12.8 Å². The van der Waals surface area contributed by atoms with Crippen LogP contribution in [0.5, 0.6) is 5.88 Å². The lowest BCUT2D eigenvalue weighted by molar-refractivity contribution is 0.329. The zero-order valence-electron chi connectivity index (χ0n) is 11.4. The van der Waals surface area contributed by atoms with Gasteiger partial charge in [-0.2, -0.15) is 4.98 Å². The zero-order chi connectivity index (χ0) is 13.0. The number of nitrogen functional groups attached to an aromatic ring is 1. The lowest BCUT2D eigenvalue weighted by atomic mass is 10.1. The maximum absolute atomic E-state index is 5.86. The molecule has 4 nitrogen and oxygen atoms in total. The summed E-state index contributed by atoms with van der Waals surface area (Å²) >= 11 is 0. The molecule has 0 bridgehead atoms. The van der Waals surface area contributed by atoms with Crippen LogP contribution in [0.1, 0.15) is 39.5 Å². The third-order valence-corrected chi connectivity index (χ3v) is 3.50.